The maximum absolute atomic E-state index is 5.09. The number of fused-ring (bicyclic) bond motifs is 6. The van der Waals surface area contributed by atoms with E-state index >= 15 is 0 Å². The molecule has 2 atom stereocenters. The van der Waals surface area contributed by atoms with Gasteiger partial charge in [0.15, 0.2) is 6.17 Å². The Balaban J connectivity index is 1.10. The van der Waals surface area contributed by atoms with Crippen LogP contribution in [0, 0.1) is 0 Å². The van der Waals surface area contributed by atoms with Crippen LogP contribution in [-0.4, -0.2) is 17.7 Å². The highest BCUT2D eigenvalue weighted by Crippen LogP contribution is 2.57. The first-order chi connectivity index (χ1) is 22.6. The van der Waals surface area contributed by atoms with Gasteiger partial charge in [-0.1, -0.05) is 141 Å². The second-order valence-electron chi connectivity index (χ2n) is 13.1. The van der Waals surface area contributed by atoms with Crippen molar-refractivity contribution in [1.29, 1.82) is 0 Å². The minimum atomic E-state index is -0.348. The number of aliphatic imine (C=N–C) groups is 2. The van der Waals surface area contributed by atoms with E-state index in [2.05, 4.69) is 133 Å². The highest BCUT2D eigenvalue weighted by molar-refractivity contribution is 6.15. The first-order valence-corrected chi connectivity index (χ1v) is 16.1. The molecule has 2 aliphatic carbocycles. The van der Waals surface area contributed by atoms with Crippen LogP contribution in [0.1, 0.15) is 59.3 Å². The second kappa shape index (κ2) is 10.3. The van der Waals surface area contributed by atoms with Crippen molar-refractivity contribution in [3.8, 4) is 0 Å². The summed E-state index contributed by atoms with van der Waals surface area (Å²) in [5.41, 5.74) is 12.6. The van der Waals surface area contributed by atoms with Crippen molar-refractivity contribution in [2.75, 3.05) is 4.90 Å². The summed E-state index contributed by atoms with van der Waals surface area (Å²) in [7, 11) is 0. The Kier molecular flexibility index (Phi) is 6.01. The van der Waals surface area contributed by atoms with Crippen LogP contribution in [0.3, 0.4) is 0 Å². The molecule has 2 aliphatic heterocycles. The molecule has 0 saturated carbocycles. The fourth-order valence-corrected chi connectivity index (χ4v) is 7.78. The first kappa shape index (κ1) is 26.9. The Morgan fingerprint density at radius 2 is 1.24 bits per heavy atom. The van der Waals surface area contributed by atoms with Gasteiger partial charge in [-0.25, -0.2) is 9.98 Å². The van der Waals surface area contributed by atoms with Crippen LogP contribution in [0.2, 0.25) is 0 Å². The highest BCUT2D eigenvalue weighted by Gasteiger charge is 2.46. The third kappa shape index (κ3) is 4.13. The van der Waals surface area contributed by atoms with Crippen molar-refractivity contribution in [3.63, 3.8) is 0 Å². The van der Waals surface area contributed by atoms with Crippen molar-refractivity contribution < 1.29 is 0 Å². The maximum atomic E-state index is 5.09. The van der Waals surface area contributed by atoms with Crippen LogP contribution < -0.4 is 10.2 Å². The van der Waals surface area contributed by atoms with Crippen molar-refractivity contribution in [2.45, 2.75) is 37.4 Å². The molecule has 0 fully saturated rings. The molecule has 0 bridgehead atoms. The van der Waals surface area contributed by atoms with Gasteiger partial charge in [-0.3, -0.25) is 0 Å². The molecule has 4 heteroatoms. The summed E-state index contributed by atoms with van der Waals surface area (Å²) < 4.78 is 0. The zero-order valence-corrected chi connectivity index (χ0v) is 25.9. The van der Waals surface area contributed by atoms with Gasteiger partial charge in [-0.2, -0.15) is 0 Å². The van der Waals surface area contributed by atoms with Crippen LogP contribution >= 0.6 is 0 Å². The predicted molar refractivity (Wildman–Crippen MR) is 189 cm³/mol. The minimum absolute atomic E-state index is 0.0321. The summed E-state index contributed by atoms with van der Waals surface area (Å²) >= 11 is 0. The molecule has 0 radical (unpaired) electrons. The molecular formula is C42H34N4. The van der Waals surface area contributed by atoms with E-state index in [1.54, 1.807) is 0 Å². The van der Waals surface area contributed by atoms with E-state index in [1.807, 2.05) is 36.4 Å². The smallest absolute Gasteiger partial charge is 0.169 e. The SMILES string of the molecule is CC1(C)C2=CC3C(C=C2c2ccccc21)c1ccccc1N3c1ccc(C2N=C(c3ccccc3)NC(c3ccccc3)=N2)cc1. The molecule has 0 saturated heterocycles. The molecule has 1 N–H and O–H groups in total. The number of hydrogen-bond donors (Lipinski definition) is 1. The summed E-state index contributed by atoms with van der Waals surface area (Å²) in [5, 5.41) is 3.50. The molecule has 5 aromatic rings. The molecule has 46 heavy (non-hydrogen) atoms. The van der Waals surface area contributed by atoms with Gasteiger partial charge in [0.05, 0.1) is 6.04 Å². The number of nitrogens with zero attached hydrogens (tertiary/aromatic N) is 3. The van der Waals surface area contributed by atoms with Gasteiger partial charge in [0.2, 0.25) is 0 Å². The van der Waals surface area contributed by atoms with Gasteiger partial charge in [0.1, 0.15) is 11.7 Å². The zero-order valence-electron chi connectivity index (χ0n) is 25.9. The quantitative estimate of drug-likeness (QED) is 0.225. The van der Waals surface area contributed by atoms with E-state index in [0.29, 0.717) is 0 Å². The Morgan fingerprint density at radius 1 is 0.630 bits per heavy atom. The summed E-state index contributed by atoms with van der Waals surface area (Å²) in [6.45, 7) is 4.74. The van der Waals surface area contributed by atoms with E-state index in [-0.39, 0.29) is 23.5 Å². The van der Waals surface area contributed by atoms with Gasteiger partial charge in [0, 0.05) is 33.8 Å². The van der Waals surface area contributed by atoms with Crippen LogP contribution in [0.4, 0.5) is 11.4 Å². The maximum Gasteiger partial charge on any atom is 0.169 e. The second-order valence-corrected chi connectivity index (χ2v) is 13.1. The molecule has 4 nitrogen and oxygen atoms in total. The average Bonchev–Trinajstić information content (AvgIpc) is 3.56. The third-order valence-corrected chi connectivity index (χ3v) is 10.1. The number of anilines is 2. The lowest BCUT2D eigenvalue weighted by Crippen LogP contribution is -2.36. The van der Waals surface area contributed by atoms with E-state index in [1.165, 1.54) is 39.2 Å². The number of rotatable bonds is 4. The van der Waals surface area contributed by atoms with Crippen LogP contribution in [0.5, 0.6) is 0 Å². The number of para-hydroxylation sites is 1. The van der Waals surface area contributed by atoms with Crippen LogP contribution in [0.15, 0.2) is 161 Å². The van der Waals surface area contributed by atoms with E-state index < -0.39 is 0 Å². The molecule has 9 rings (SSSR count). The molecule has 0 amide bonds. The van der Waals surface area contributed by atoms with Crippen molar-refractivity contribution >= 4 is 28.6 Å². The number of amidine groups is 2. The average molecular weight is 595 g/mol. The van der Waals surface area contributed by atoms with Crippen LogP contribution in [0.25, 0.3) is 5.57 Å². The Hall–Kier alpha value is -5.48. The Morgan fingerprint density at radius 3 is 1.93 bits per heavy atom. The number of hydrogen-bond acceptors (Lipinski definition) is 4. The first-order valence-electron chi connectivity index (χ1n) is 16.1. The number of allylic oxidation sites excluding steroid dienone is 2. The standard InChI is InChI=1S/C42H34N4/c1-42(2)35-19-11-9-17-31(35)33-25-34-32-18-10-12-20-37(32)46(38(34)26-36(33)42)30-23-21-29(22-24-30)41-44-39(27-13-5-3-6-14-27)43-40(45-41)28-15-7-4-8-16-28/h3-26,34,38,41H,1-2H3,(H,43,44,45). The van der Waals surface area contributed by atoms with E-state index in [4.69, 9.17) is 9.98 Å². The van der Waals surface area contributed by atoms with Gasteiger partial charge in [-0.15, -0.1) is 0 Å². The molecular weight excluding hydrogens is 560 g/mol. The molecule has 0 spiro atoms. The summed E-state index contributed by atoms with van der Waals surface area (Å²) in [5.74, 6) is 1.95. The van der Waals surface area contributed by atoms with E-state index in [0.717, 1.165) is 28.4 Å². The van der Waals surface area contributed by atoms with Gasteiger partial charge >= 0.3 is 0 Å². The molecule has 4 aliphatic rings. The lowest BCUT2D eigenvalue weighted by molar-refractivity contribution is 0.639. The molecule has 2 unspecified atom stereocenters. The molecule has 5 aromatic carbocycles. The summed E-state index contributed by atoms with van der Waals surface area (Å²) in [6.07, 6.45) is 4.74. The lowest BCUT2D eigenvalue weighted by Gasteiger charge is -2.33. The highest BCUT2D eigenvalue weighted by atomic mass is 15.2. The summed E-state index contributed by atoms with van der Waals surface area (Å²) in [6, 6.07) is 47.5. The fourth-order valence-electron chi connectivity index (χ4n) is 7.78. The largest absolute Gasteiger partial charge is 0.333 e. The predicted octanol–water partition coefficient (Wildman–Crippen LogP) is 9.10. The fraction of sp³-hybridized carbons (Fsp3) is 0.143. The molecule has 222 valence electrons. The lowest BCUT2D eigenvalue weighted by atomic mass is 9.77. The topological polar surface area (TPSA) is 40.0 Å². The van der Waals surface area contributed by atoms with Crippen molar-refractivity contribution in [3.05, 3.63) is 185 Å². The molecule has 2 heterocycles. The minimum Gasteiger partial charge on any atom is -0.333 e. The number of benzene rings is 5. The Bertz CT molecular complexity index is 2050. The number of nitrogens with one attached hydrogen (secondary N) is 1. The monoisotopic (exact) mass is 594 g/mol. The van der Waals surface area contributed by atoms with Gasteiger partial charge in [-0.05, 0) is 51.6 Å². The van der Waals surface area contributed by atoms with Gasteiger partial charge < -0.3 is 10.2 Å². The van der Waals surface area contributed by atoms with Crippen molar-refractivity contribution in [1.82, 2.24) is 5.32 Å². The van der Waals surface area contributed by atoms with Gasteiger partial charge in [0.25, 0.3) is 0 Å². The van der Waals surface area contributed by atoms with Crippen molar-refractivity contribution in [2.24, 2.45) is 9.98 Å². The normalized spacial score (nSPS) is 20.7. The van der Waals surface area contributed by atoms with Crippen LogP contribution in [-0.2, 0) is 5.41 Å². The zero-order chi connectivity index (χ0) is 30.8. The third-order valence-electron chi connectivity index (χ3n) is 10.1. The van der Waals surface area contributed by atoms with E-state index in [9.17, 15) is 0 Å². The summed E-state index contributed by atoms with van der Waals surface area (Å²) in [4.78, 5) is 12.7. The Labute approximate surface area is 270 Å². The molecule has 0 aromatic heterocycles.